The second-order valence-corrected chi connectivity index (χ2v) is 13.2. The van der Waals surface area contributed by atoms with Crippen LogP contribution < -0.4 is 10.2 Å². The molecule has 0 atom stereocenters. The zero-order chi connectivity index (χ0) is 28.7. The normalized spacial score (nSPS) is 18.1. The minimum Gasteiger partial charge on any atom is -0.381 e. The highest BCUT2D eigenvalue weighted by Crippen LogP contribution is 2.33. The van der Waals surface area contributed by atoms with Crippen molar-refractivity contribution in [3.63, 3.8) is 0 Å². The van der Waals surface area contributed by atoms with E-state index in [9.17, 15) is 13.2 Å². The first-order valence-electron chi connectivity index (χ1n) is 14.2. The molecule has 1 amide bonds. The lowest BCUT2D eigenvalue weighted by molar-refractivity contribution is -0.0278. The van der Waals surface area contributed by atoms with Gasteiger partial charge in [0.15, 0.2) is 9.84 Å². The van der Waals surface area contributed by atoms with E-state index in [1.54, 1.807) is 18.3 Å². The number of carbonyl (C=O) groups excluding carboxylic acids is 1. The molecule has 42 heavy (non-hydrogen) atoms. The second-order valence-electron chi connectivity index (χ2n) is 11.1. The average molecular weight is 586 g/mol. The van der Waals surface area contributed by atoms with Gasteiger partial charge >= 0.3 is 0 Å². The molecule has 1 aromatic carbocycles. The summed E-state index contributed by atoms with van der Waals surface area (Å²) in [6, 6.07) is 17.1. The summed E-state index contributed by atoms with van der Waals surface area (Å²) in [5.41, 5.74) is 3.80. The summed E-state index contributed by atoms with van der Waals surface area (Å²) in [4.78, 5) is 29.9. The lowest BCUT2D eigenvalue weighted by atomic mass is 10.1. The van der Waals surface area contributed by atoms with Crippen molar-refractivity contribution in [1.29, 1.82) is 0 Å². The molecule has 1 saturated heterocycles. The number of hydrogen-bond acceptors (Lipinski definition) is 9. The van der Waals surface area contributed by atoms with Crippen molar-refractivity contribution in [3.05, 3.63) is 77.6 Å². The lowest BCUT2D eigenvalue weighted by Gasteiger charge is -2.33. The van der Waals surface area contributed by atoms with Gasteiger partial charge in [0.2, 0.25) is 0 Å². The molecule has 10 nitrogen and oxygen atoms in total. The van der Waals surface area contributed by atoms with Crippen molar-refractivity contribution >= 4 is 32.5 Å². The molecule has 0 bridgehead atoms. The highest BCUT2D eigenvalue weighted by Gasteiger charge is 2.33. The standard InChI is InChI=1S/C31H31N5O5S/c37-31(21-4-5-23-19-40-10-11-42(38,39)29(23)12-21)33-15-24-13-28-22(14-32-24)6-9-27(34-28)26-2-1-3-30(35-26)36(25-7-8-25)16-20-17-41-18-20/h1-6,9,12-14,20,25H,7-8,10-11,15-19H2,(H,33,37). The molecule has 4 aromatic rings. The molecule has 0 unspecified atom stereocenters. The van der Waals surface area contributed by atoms with E-state index in [1.807, 2.05) is 30.3 Å². The summed E-state index contributed by atoms with van der Waals surface area (Å²) in [5.74, 6) is 1.05. The van der Waals surface area contributed by atoms with Crippen molar-refractivity contribution in [2.45, 2.75) is 36.9 Å². The maximum Gasteiger partial charge on any atom is 0.251 e. The molecular formula is C31H31N5O5S. The fourth-order valence-electron chi connectivity index (χ4n) is 5.35. The Hall–Kier alpha value is -3.93. The van der Waals surface area contributed by atoms with E-state index in [2.05, 4.69) is 21.3 Å². The third-order valence-corrected chi connectivity index (χ3v) is 9.67. The number of amides is 1. The van der Waals surface area contributed by atoms with Crippen LogP contribution >= 0.6 is 0 Å². The van der Waals surface area contributed by atoms with E-state index in [1.165, 1.54) is 18.9 Å². The van der Waals surface area contributed by atoms with Crippen molar-refractivity contribution in [2.24, 2.45) is 5.92 Å². The molecule has 1 aliphatic carbocycles. The number of ether oxygens (including phenoxy) is 2. The van der Waals surface area contributed by atoms with Gasteiger partial charge in [-0.15, -0.1) is 0 Å². The summed E-state index contributed by atoms with van der Waals surface area (Å²) in [5, 5.41) is 3.74. The first-order chi connectivity index (χ1) is 20.4. The largest absolute Gasteiger partial charge is 0.381 e. The first-order valence-corrected chi connectivity index (χ1v) is 15.9. The molecular weight excluding hydrogens is 554 g/mol. The number of aromatic nitrogens is 3. The summed E-state index contributed by atoms with van der Waals surface area (Å²) >= 11 is 0. The smallest absolute Gasteiger partial charge is 0.251 e. The van der Waals surface area contributed by atoms with Gasteiger partial charge < -0.3 is 19.7 Å². The number of hydrogen-bond donors (Lipinski definition) is 1. The summed E-state index contributed by atoms with van der Waals surface area (Å²) in [7, 11) is -3.50. The molecule has 2 aliphatic heterocycles. The number of carbonyl (C=O) groups is 1. The van der Waals surface area contributed by atoms with Crippen LogP contribution in [0, 0.1) is 5.92 Å². The number of anilines is 1. The van der Waals surface area contributed by atoms with Crippen LogP contribution in [0.2, 0.25) is 0 Å². The van der Waals surface area contributed by atoms with Crippen LogP contribution in [0.4, 0.5) is 5.82 Å². The topological polar surface area (TPSA) is 124 Å². The van der Waals surface area contributed by atoms with Gasteiger partial charge in [0, 0.05) is 35.7 Å². The molecule has 1 N–H and O–H groups in total. The van der Waals surface area contributed by atoms with Gasteiger partial charge in [0.25, 0.3) is 5.91 Å². The summed E-state index contributed by atoms with van der Waals surface area (Å²) in [6.45, 7) is 3.11. The van der Waals surface area contributed by atoms with Gasteiger partial charge in [0.1, 0.15) is 5.82 Å². The molecule has 0 spiro atoms. The van der Waals surface area contributed by atoms with Gasteiger partial charge in [-0.1, -0.05) is 12.1 Å². The van der Waals surface area contributed by atoms with E-state index in [4.69, 9.17) is 19.4 Å². The highest BCUT2D eigenvalue weighted by molar-refractivity contribution is 7.91. The molecule has 3 aliphatic rings. The molecule has 3 aromatic heterocycles. The molecule has 2 fully saturated rings. The monoisotopic (exact) mass is 585 g/mol. The van der Waals surface area contributed by atoms with Crippen LogP contribution in [0.15, 0.2) is 65.7 Å². The predicted octanol–water partition coefficient (Wildman–Crippen LogP) is 3.54. The zero-order valence-electron chi connectivity index (χ0n) is 23.0. The molecule has 1 saturated carbocycles. The third kappa shape index (κ3) is 5.59. The van der Waals surface area contributed by atoms with Gasteiger partial charge in [0.05, 0.1) is 66.2 Å². The number of sulfone groups is 1. The molecule has 216 valence electrons. The Labute approximate surface area is 244 Å². The summed E-state index contributed by atoms with van der Waals surface area (Å²) in [6.07, 6.45) is 4.13. The van der Waals surface area contributed by atoms with Gasteiger partial charge in [-0.3, -0.25) is 9.78 Å². The molecule has 7 rings (SSSR count). The number of fused-ring (bicyclic) bond motifs is 2. The highest BCUT2D eigenvalue weighted by atomic mass is 32.2. The van der Waals surface area contributed by atoms with Gasteiger partial charge in [-0.25, -0.2) is 18.4 Å². The Morgan fingerprint density at radius 3 is 2.67 bits per heavy atom. The maximum absolute atomic E-state index is 12.9. The van der Waals surface area contributed by atoms with Crippen molar-refractivity contribution in [1.82, 2.24) is 20.3 Å². The molecule has 11 heteroatoms. The van der Waals surface area contributed by atoms with Crippen LogP contribution in [-0.2, 0) is 32.5 Å². The van der Waals surface area contributed by atoms with E-state index >= 15 is 0 Å². The number of benzene rings is 1. The maximum atomic E-state index is 12.9. The summed E-state index contributed by atoms with van der Waals surface area (Å²) < 4.78 is 36.0. The van der Waals surface area contributed by atoms with Crippen LogP contribution in [0.3, 0.4) is 0 Å². The molecule has 5 heterocycles. The minimum absolute atomic E-state index is 0.102. The van der Waals surface area contributed by atoms with Gasteiger partial charge in [-0.2, -0.15) is 0 Å². The lowest BCUT2D eigenvalue weighted by Crippen LogP contribution is -2.41. The van der Waals surface area contributed by atoms with Gasteiger partial charge in [-0.05, 0) is 60.9 Å². The fraction of sp³-hybridized carbons (Fsp3) is 0.355. The van der Waals surface area contributed by atoms with Crippen LogP contribution in [-0.4, -0.2) is 67.4 Å². The van der Waals surface area contributed by atoms with E-state index in [0.717, 1.165) is 47.9 Å². The minimum atomic E-state index is -3.50. The number of nitrogens with zero attached hydrogens (tertiary/aromatic N) is 4. The number of rotatable bonds is 8. The zero-order valence-corrected chi connectivity index (χ0v) is 23.8. The number of pyridine rings is 3. The quantitative estimate of drug-likeness (QED) is 0.331. The first kappa shape index (κ1) is 26.9. The van der Waals surface area contributed by atoms with Crippen LogP contribution in [0.5, 0.6) is 0 Å². The van der Waals surface area contributed by atoms with Crippen molar-refractivity contribution < 1.29 is 22.7 Å². The Morgan fingerprint density at radius 2 is 1.86 bits per heavy atom. The second kappa shape index (κ2) is 11.0. The SMILES string of the molecule is O=C(NCc1cc2nc(-c3cccc(N(CC4COC4)C4CC4)n3)ccc2cn1)c1ccc2c(c1)S(=O)(=O)CCOC2. The van der Waals surface area contributed by atoms with E-state index in [-0.39, 0.29) is 41.9 Å². The van der Waals surface area contributed by atoms with E-state index < -0.39 is 9.84 Å². The average Bonchev–Trinajstić information content (AvgIpc) is 3.83. The number of nitrogens with one attached hydrogen (secondary N) is 1. The Kier molecular flexibility index (Phi) is 7.09. The van der Waals surface area contributed by atoms with Crippen LogP contribution in [0.1, 0.15) is 34.5 Å². The third-order valence-electron chi connectivity index (χ3n) is 7.92. The fourth-order valence-corrected chi connectivity index (χ4v) is 6.74. The van der Waals surface area contributed by atoms with E-state index in [0.29, 0.717) is 23.2 Å². The Bertz CT molecular complexity index is 1770. The Balaban J connectivity index is 1.08. The van der Waals surface area contributed by atoms with Crippen molar-refractivity contribution in [2.75, 3.05) is 37.0 Å². The van der Waals surface area contributed by atoms with Crippen LogP contribution in [0.25, 0.3) is 22.3 Å². The van der Waals surface area contributed by atoms with Crippen molar-refractivity contribution in [3.8, 4) is 11.4 Å². The Morgan fingerprint density at radius 1 is 1.00 bits per heavy atom. The molecule has 0 radical (unpaired) electrons. The predicted molar refractivity (Wildman–Crippen MR) is 157 cm³/mol.